The Kier molecular flexibility index (Phi) is 4.08. The summed E-state index contributed by atoms with van der Waals surface area (Å²) in [5.41, 5.74) is 1.88. The summed E-state index contributed by atoms with van der Waals surface area (Å²) >= 11 is 12.0. The standard InChI is InChI=1S/C14H11Cl2N/c15-12-7-4-8-13(9-12)17-10-14(16)11-5-2-1-3-6-11/h1-10,17H/b14-10-. The highest BCUT2D eigenvalue weighted by molar-refractivity contribution is 6.48. The van der Waals surface area contributed by atoms with Crippen LogP contribution in [0.5, 0.6) is 0 Å². The van der Waals surface area contributed by atoms with Gasteiger partial charge in [0.2, 0.25) is 0 Å². The predicted octanol–water partition coefficient (Wildman–Crippen LogP) is 4.99. The molecule has 0 aliphatic rings. The second-order valence-corrected chi connectivity index (χ2v) is 4.36. The molecular formula is C14H11Cl2N. The smallest absolute Gasteiger partial charge is 0.0638 e. The Labute approximate surface area is 111 Å². The maximum Gasteiger partial charge on any atom is 0.0638 e. The Morgan fingerprint density at radius 2 is 1.76 bits per heavy atom. The van der Waals surface area contributed by atoms with E-state index in [1.807, 2.05) is 54.6 Å². The van der Waals surface area contributed by atoms with Crippen molar-refractivity contribution in [2.45, 2.75) is 0 Å². The van der Waals surface area contributed by atoms with Gasteiger partial charge in [-0.15, -0.1) is 0 Å². The fraction of sp³-hybridized carbons (Fsp3) is 0. The van der Waals surface area contributed by atoms with Crippen molar-refractivity contribution in [3.05, 3.63) is 71.4 Å². The first kappa shape index (κ1) is 12.0. The van der Waals surface area contributed by atoms with Crippen LogP contribution < -0.4 is 5.32 Å². The summed E-state index contributed by atoms with van der Waals surface area (Å²) in [5.74, 6) is 0. The van der Waals surface area contributed by atoms with Crippen LogP contribution in [0, 0.1) is 0 Å². The van der Waals surface area contributed by atoms with Gasteiger partial charge in [-0.25, -0.2) is 0 Å². The van der Waals surface area contributed by atoms with E-state index in [2.05, 4.69) is 5.32 Å². The summed E-state index contributed by atoms with van der Waals surface area (Å²) < 4.78 is 0. The third-order valence-corrected chi connectivity index (χ3v) is 2.80. The number of anilines is 1. The average molecular weight is 264 g/mol. The Morgan fingerprint density at radius 3 is 2.47 bits per heavy atom. The molecule has 0 aromatic heterocycles. The lowest BCUT2D eigenvalue weighted by Gasteiger charge is -2.03. The SMILES string of the molecule is Cl/C(=C\Nc1cccc(Cl)c1)c1ccccc1. The van der Waals surface area contributed by atoms with E-state index in [9.17, 15) is 0 Å². The zero-order valence-electron chi connectivity index (χ0n) is 9.03. The highest BCUT2D eigenvalue weighted by Crippen LogP contribution is 2.20. The first-order chi connectivity index (χ1) is 8.25. The fourth-order valence-corrected chi connectivity index (χ4v) is 1.78. The van der Waals surface area contributed by atoms with Gasteiger partial charge in [0, 0.05) is 16.9 Å². The molecule has 0 saturated carbocycles. The first-order valence-electron chi connectivity index (χ1n) is 5.19. The van der Waals surface area contributed by atoms with Crippen molar-refractivity contribution < 1.29 is 0 Å². The first-order valence-corrected chi connectivity index (χ1v) is 5.94. The van der Waals surface area contributed by atoms with Gasteiger partial charge < -0.3 is 5.32 Å². The number of rotatable bonds is 3. The van der Waals surface area contributed by atoms with Crippen LogP contribution in [0.25, 0.3) is 5.03 Å². The van der Waals surface area contributed by atoms with Gasteiger partial charge in [0.05, 0.1) is 5.03 Å². The van der Waals surface area contributed by atoms with E-state index in [0.29, 0.717) is 10.1 Å². The molecule has 0 spiro atoms. The second-order valence-electron chi connectivity index (χ2n) is 3.51. The minimum absolute atomic E-state index is 0.658. The molecule has 0 amide bonds. The van der Waals surface area contributed by atoms with Gasteiger partial charge in [-0.2, -0.15) is 0 Å². The van der Waals surface area contributed by atoms with Gasteiger partial charge in [0.15, 0.2) is 0 Å². The topological polar surface area (TPSA) is 12.0 Å². The van der Waals surface area contributed by atoms with Gasteiger partial charge in [-0.1, -0.05) is 59.6 Å². The van der Waals surface area contributed by atoms with Gasteiger partial charge in [0.1, 0.15) is 0 Å². The molecule has 3 heteroatoms. The molecule has 86 valence electrons. The van der Waals surface area contributed by atoms with E-state index in [0.717, 1.165) is 11.3 Å². The molecule has 17 heavy (non-hydrogen) atoms. The quantitative estimate of drug-likeness (QED) is 0.823. The molecule has 0 bridgehead atoms. The second kappa shape index (κ2) is 5.76. The van der Waals surface area contributed by atoms with Crippen molar-refractivity contribution >= 4 is 33.9 Å². The third kappa shape index (κ3) is 3.52. The van der Waals surface area contributed by atoms with Crippen LogP contribution in [-0.2, 0) is 0 Å². The molecule has 0 fully saturated rings. The van der Waals surface area contributed by atoms with Gasteiger partial charge in [-0.05, 0) is 23.8 Å². The van der Waals surface area contributed by atoms with Crippen molar-refractivity contribution in [2.24, 2.45) is 0 Å². The van der Waals surface area contributed by atoms with E-state index in [1.165, 1.54) is 0 Å². The van der Waals surface area contributed by atoms with E-state index in [4.69, 9.17) is 23.2 Å². The summed E-state index contributed by atoms with van der Waals surface area (Å²) in [7, 11) is 0. The Hall–Kier alpha value is -1.44. The normalized spacial score (nSPS) is 11.3. The minimum Gasteiger partial charge on any atom is -0.360 e. The van der Waals surface area contributed by atoms with Crippen LogP contribution >= 0.6 is 23.2 Å². The molecule has 0 aliphatic carbocycles. The van der Waals surface area contributed by atoms with Crippen molar-refractivity contribution in [3.8, 4) is 0 Å². The third-order valence-electron chi connectivity index (χ3n) is 2.24. The zero-order chi connectivity index (χ0) is 12.1. The van der Waals surface area contributed by atoms with E-state index < -0.39 is 0 Å². The molecule has 0 saturated heterocycles. The molecular weight excluding hydrogens is 253 g/mol. The summed E-state index contributed by atoms with van der Waals surface area (Å²) in [6.45, 7) is 0. The average Bonchev–Trinajstić information content (AvgIpc) is 2.37. The van der Waals surface area contributed by atoms with Gasteiger partial charge in [-0.3, -0.25) is 0 Å². The van der Waals surface area contributed by atoms with E-state index >= 15 is 0 Å². The molecule has 2 rings (SSSR count). The Morgan fingerprint density at radius 1 is 1.00 bits per heavy atom. The number of hydrogen-bond donors (Lipinski definition) is 1. The van der Waals surface area contributed by atoms with Gasteiger partial charge in [0.25, 0.3) is 0 Å². The molecule has 0 aliphatic heterocycles. The molecule has 0 heterocycles. The Balaban J connectivity index is 2.11. The monoisotopic (exact) mass is 263 g/mol. The molecule has 0 atom stereocenters. The number of benzene rings is 2. The zero-order valence-corrected chi connectivity index (χ0v) is 10.5. The summed E-state index contributed by atoms with van der Waals surface area (Å²) in [5, 5.41) is 4.46. The number of hydrogen-bond acceptors (Lipinski definition) is 1. The number of halogens is 2. The van der Waals surface area contributed by atoms with E-state index in [-0.39, 0.29) is 0 Å². The molecule has 0 unspecified atom stereocenters. The molecule has 1 nitrogen and oxygen atoms in total. The van der Waals surface area contributed by atoms with Crippen LogP contribution in [0.3, 0.4) is 0 Å². The lowest BCUT2D eigenvalue weighted by Crippen LogP contribution is -1.88. The maximum atomic E-state index is 6.16. The molecule has 0 radical (unpaired) electrons. The predicted molar refractivity (Wildman–Crippen MR) is 75.3 cm³/mol. The van der Waals surface area contributed by atoms with Crippen LogP contribution in [0.2, 0.25) is 5.02 Å². The van der Waals surface area contributed by atoms with Crippen molar-refractivity contribution in [1.29, 1.82) is 0 Å². The summed E-state index contributed by atoms with van der Waals surface area (Å²) in [6, 6.07) is 17.2. The van der Waals surface area contributed by atoms with Crippen molar-refractivity contribution in [2.75, 3.05) is 5.32 Å². The lowest BCUT2D eigenvalue weighted by molar-refractivity contribution is 1.57. The maximum absolute atomic E-state index is 6.16. The largest absolute Gasteiger partial charge is 0.360 e. The summed E-state index contributed by atoms with van der Waals surface area (Å²) in [4.78, 5) is 0. The van der Waals surface area contributed by atoms with Crippen LogP contribution in [0.1, 0.15) is 5.56 Å². The minimum atomic E-state index is 0.658. The molecule has 2 aromatic carbocycles. The fourth-order valence-electron chi connectivity index (χ4n) is 1.41. The van der Waals surface area contributed by atoms with Crippen LogP contribution in [0.15, 0.2) is 60.8 Å². The summed E-state index contributed by atoms with van der Waals surface area (Å²) in [6.07, 6.45) is 1.75. The van der Waals surface area contributed by atoms with E-state index in [1.54, 1.807) is 6.20 Å². The van der Waals surface area contributed by atoms with Crippen LogP contribution in [0.4, 0.5) is 5.69 Å². The van der Waals surface area contributed by atoms with Crippen molar-refractivity contribution in [1.82, 2.24) is 0 Å². The Bertz CT molecular complexity index is 521. The highest BCUT2D eigenvalue weighted by atomic mass is 35.5. The lowest BCUT2D eigenvalue weighted by atomic mass is 10.2. The molecule has 2 aromatic rings. The van der Waals surface area contributed by atoms with Crippen molar-refractivity contribution in [3.63, 3.8) is 0 Å². The highest BCUT2D eigenvalue weighted by Gasteiger charge is 1.96. The van der Waals surface area contributed by atoms with Gasteiger partial charge >= 0.3 is 0 Å². The number of nitrogens with one attached hydrogen (secondary N) is 1. The molecule has 1 N–H and O–H groups in total. The van der Waals surface area contributed by atoms with Crippen LogP contribution in [-0.4, -0.2) is 0 Å².